The maximum absolute atomic E-state index is 10.00. The summed E-state index contributed by atoms with van der Waals surface area (Å²) in [6.07, 6.45) is 0. The van der Waals surface area contributed by atoms with Crippen LogP contribution >= 0.6 is 0 Å². The largest absolute Gasteiger partial charge is 0.504 e. The third kappa shape index (κ3) is 3.15. The zero-order chi connectivity index (χ0) is 11.6. The van der Waals surface area contributed by atoms with Crippen molar-refractivity contribution in [1.82, 2.24) is 0 Å². The van der Waals surface area contributed by atoms with Gasteiger partial charge in [-0.15, -0.1) is 0 Å². The lowest BCUT2D eigenvalue weighted by atomic mass is 10.0. The maximum atomic E-state index is 10.00. The number of benzene rings is 1. The summed E-state index contributed by atoms with van der Waals surface area (Å²) in [4.78, 5) is 0. The summed E-state index contributed by atoms with van der Waals surface area (Å²) in [6, 6.07) is 5.64. The van der Waals surface area contributed by atoms with Gasteiger partial charge in [0.1, 0.15) is 5.60 Å². The molecular formula is C13H20O2. The second kappa shape index (κ2) is 4.13. The highest BCUT2D eigenvalue weighted by Gasteiger charge is 2.17. The molecule has 0 bridgehead atoms. The highest BCUT2D eigenvalue weighted by atomic mass is 16.5. The predicted molar refractivity (Wildman–Crippen MR) is 62.6 cm³/mol. The van der Waals surface area contributed by atoms with Gasteiger partial charge in [-0.1, -0.05) is 26.0 Å². The molecule has 1 N–H and O–H groups in total. The average Bonchev–Trinajstić information content (AvgIpc) is 2.05. The molecule has 1 aromatic carbocycles. The molecule has 15 heavy (non-hydrogen) atoms. The summed E-state index contributed by atoms with van der Waals surface area (Å²) < 4.78 is 5.67. The Hall–Kier alpha value is -1.18. The fourth-order valence-electron chi connectivity index (χ4n) is 1.42. The van der Waals surface area contributed by atoms with Crippen LogP contribution in [0, 0.1) is 0 Å². The number of ether oxygens (including phenoxy) is 1. The molecule has 0 saturated heterocycles. The second-order valence-electron chi connectivity index (χ2n) is 5.06. The van der Waals surface area contributed by atoms with Gasteiger partial charge >= 0.3 is 0 Å². The van der Waals surface area contributed by atoms with Crippen LogP contribution in [0.2, 0.25) is 0 Å². The van der Waals surface area contributed by atoms with Crippen molar-refractivity contribution in [2.75, 3.05) is 0 Å². The highest BCUT2D eigenvalue weighted by molar-refractivity contribution is 5.46. The third-order valence-electron chi connectivity index (χ3n) is 2.07. The quantitative estimate of drug-likeness (QED) is 0.803. The molecule has 2 nitrogen and oxygen atoms in total. The summed E-state index contributed by atoms with van der Waals surface area (Å²) in [5.74, 6) is 1.13. The Balaban J connectivity index is 3.05. The van der Waals surface area contributed by atoms with E-state index in [2.05, 4.69) is 13.8 Å². The molecule has 0 atom stereocenters. The Morgan fingerprint density at radius 1 is 1.20 bits per heavy atom. The van der Waals surface area contributed by atoms with Crippen LogP contribution in [0.1, 0.15) is 46.1 Å². The number of phenols is 1. The first kappa shape index (κ1) is 11.9. The third-order valence-corrected chi connectivity index (χ3v) is 2.07. The monoisotopic (exact) mass is 208 g/mol. The van der Waals surface area contributed by atoms with E-state index in [0.717, 1.165) is 5.56 Å². The first-order valence-corrected chi connectivity index (χ1v) is 5.32. The molecule has 0 aromatic heterocycles. The van der Waals surface area contributed by atoms with Crippen LogP contribution in [-0.4, -0.2) is 10.7 Å². The lowest BCUT2D eigenvalue weighted by Crippen LogP contribution is -2.23. The first-order chi connectivity index (χ1) is 6.81. The van der Waals surface area contributed by atoms with E-state index >= 15 is 0 Å². The Morgan fingerprint density at radius 2 is 1.80 bits per heavy atom. The predicted octanol–water partition coefficient (Wildman–Crippen LogP) is 3.69. The smallest absolute Gasteiger partial charge is 0.162 e. The van der Waals surface area contributed by atoms with Gasteiger partial charge in [-0.05, 0) is 32.8 Å². The van der Waals surface area contributed by atoms with Crippen LogP contribution in [0.4, 0.5) is 0 Å². The molecule has 1 aromatic rings. The van der Waals surface area contributed by atoms with E-state index in [-0.39, 0.29) is 11.4 Å². The van der Waals surface area contributed by atoms with Gasteiger partial charge in [-0.25, -0.2) is 0 Å². The van der Waals surface area contributed by atoms with Crippen molar-refractivity contribution in [3.05, 3.63) is 23.8 Å². The normalized spacial score (nSPS) is 11.9. The fraction of sp³-hybridized carbons (Fsp3) is 0.538. The van der Waals surface area contributed by atoms with Crippen molar-refractivity contribution in [3.8, 4) is 11.5 Å². The fourth-order valence-corrected chi connectivity index (χ4v) is 1.42. The van der Waals surface area contributed by atoms with Crippen molar-refractivity contribution >= 4 is 0 Å². The number of hydrogen-bond donors (Lipinski definition) is 1. The zero-order valence-electron chi connectivity index (χ0n) is 10.2. The van der Waals surface area contributed by atoms with Crippen LogP contribution in [0.5, 0.6) is 11.5 Å². The van der Waals surface area contributed by atoms with Gasteiger partial charge < -0.3 is 9.84 Å². The van der Waals surface area contributed by atoms with Crippen molar-refractivity contribution in [2.24, 2.45) is 0 Å². The van der Waals surface area contributed by atoms with E-state index in [0.29, 0.717) is 11.7 Å². The van der Waals surface area contributed by atoms with E-state index in [1.54, 1.807) is 6.07 Å². The van der Waals surface area contributed by atoms with E-state index < -0.39 is 0 Å². The first-order valence-electron chi connectivity index (χ1n) is 5.32. The Morgan fingerprint density at radius 3 is 2.27 bits per heavy atom. The van der Waals surface area contributed by atoms with E-state index in [1.165, 1.54) is 0 Å². The van der Waals surface area contributed by atoms with Gasteiger partial charge in [-0.3, -0.25) is 0 Å². The van der Waals surface area contributed by atoms with Crippen LogP contribution in [0.15, 0.2) is 18.2 Å². The van der Waals surface area contributed by atoms with Crippen LogP contribution in [-0.2, 0) is 0 Å². The average molecular weight is 208 g/mol. The van der Waals surface area contributed by atoms with Gasteiger partial charge in [0.05, 0.1) is 0 Å². The minimum atomic E-state index is -0.285. The molecular weight excluding hydrogens is 188 g/mol. The molecule has 0 aliphatic carbocycles. The standard InChI is InChI=1S/C13H20O2/c1-9(2)10-7-6-8-11(12(10)14)15-13(3,4)5/h6-9,14H,1-5H3. The van der Waals surface area contributed by atoms with E-state index in [1.807, 2.05) is 32.9 Å². The summed E-state index contributed by atoms with van der Waals surface area (Å²) in [6.45, 7) is 10.0. The van der Waals surface area contributed by atoms with Crippen molar-refractivity contribution in [1.29, 1.82) is 0 Å². The summed E-state index contributed by atoms with van der Waals surface area (Å²) in [5.41, 5.74) is 0.643. The van der Waals surface area contributed by atoms with Crippen molar-refractivity contribution < 1.29 is 9.84 Å². The topological polar surface area (TPSA) is 29.5 Å². The molecule has 0 aliphatic rings. The lowest BCUT2D eigenvalue weighted by molar-refractivity contribution is 0.125. The number of aromatic hydroxyl groups is 1. The number of rotatable bonds is 2. The van der Waals surface area contributed by atoms with Crippen LogP contribution in [0.3, 0.4) is 0 Å². The highest BCUT2D eigenvalue weighted by Crippen LogP contribution is 2.35. The molecule has 0 saturated carbocycles. The molecule has 0 heterocycles. The van der Waals surface area contributed by atoms with Gasteiger partial charge in [0.25, 0.3) is 0 Å². The second-order valence-corrected chi connectivity index (χ2v) is 5.06. The maximum Gasteiger partial charge on any atom is 0.162 e. The Kier molecular flexibility index (Phi) is 3.28. The van der Waals surface area contributed by atoms with E-state index in [4.69, 9.17) is 4.74 Å². The summed E-state index contributed by atoms with van der Waals surface area (Å²) >= 11 is 0. The minimum Gasteiger partial charge on any atom is -0.504 e. The lowest BCUT2D eigenvalue weighted by Gasteiger charge is -2.23. The van der Waals surface area contributed by atoms with Crippen molar-refractivity contribution in [3.63, 3.8) is 0 Å². The summed E-state index contributed by atoms with van der Waals surface area (Å²) in [5, 5.41) is 10.00. The molecule has 0 amide bonds. The molecule has 84 valence electrons. The van der Waals surface area contributed by atoms with E-state index in [9.17, 15) is 5.11 Å². The van der Waals surface area contributed by atoms with Crippen LogP contribution in [0.25, 0.3) is 0 Å². The molecule has 0 radical (unpaired) electrons. The van der Waals surface area contributed by atoms with Crippen molar-refractivity contribution in [2.45, 2.75) is 46.1 Å². The van der Waals surface area contributed by atoms with Gasteiger partial charge in [0.2, 0.25) is 0 Å². The molecule has 1 rings (SSSR count). The van der Waals surface area contributed by atoms with Gasteiger partial charge in [0, 0.05) is 5.56 Å². The molecule has 0 aliphatic heterocycles. The molecule has 2 heteroatoms. The van der Waals surface area contributed by atoms with Crippen LogP contribution < -0.4 is 4.74 Å². The Labute approximate surface area is 91.9 Å². The molecule has 0 fully saturated rings. The number of para-hydroxylation sites is 1. The molecule has 0 unspecified atom stereocenters. The summed E-state index contributed by atoms with van der Waals surface area (Å²) in [7, 11) is 0. The SMILES string of the molecule is CC(C)c1cccc(OC(C)(C)C)c1O. The number of hydrogen-bond acceptors (Lipinski definition) is 2. The Bertz CT molecular complexity index is 335. The number of phenolic OH excluding ortho intramolecular Hbond substituents is 1. The molecule has 0 spiro atoms. The zero-order valence-corrected chi connectivity index (χ0v) is 10.2. The van der Waals surface area contributed by atoms with Gasteiger partial charge in [-0.2, -0.15) is 0 Å². The minimum absolute atomic E-state index is 0.266. The van der Waals surface area contributed by atoms with Gasteiger partial charge in [0.15, 0.2) is 11.5 Å².